The highest BCUT2D eigenvalue weighted by Gasteiger charge is 2.23. The lowest BCUT2D eigenvalue weighted by atomic mass is 10.1. The summed E-state index contributed by atoms with van der Waals surface area (Å²) >= 11 is 5.98. The molecule has 0 aliphatic heterocycles. The third-order valence-electron chi connectivity index (χ3n) is 4.11. The largest absolute Gasteiger partial charge is 0.463 e. The van der Waals surface area contributed by atoms with Gasteiger partial charge in [-0.15, -0.1) is 0 Å². The first-order chi connectivity index (χ1) is 14.7. The van der Waals surface area contributed by atoms with Crippen LogP contribution in [0, 0.1) is 23.5 Å². The number of anilines is 2. The molecule has 0 aliphatic carbocycles. The van der Waals surface area contributed by atoms with Crippen molar-refractivity contribution in [3.63, 3.8) is 0 Å². The van der Waals surface area contributed by atoms with Gasteiger partial charge in [-0.3, -0.25) is 4.72 Å². The zero-order valence-corrected chi connectivity index (χ0v) is 16.9. The van der Waals surface area contributed by atoms with Crippen LogP contribution in [-0.4, -0.2) is 18.4 Å². The van der Waals surface area contributed by atoms with Gasteiger partial charge in [0.05, 0.1) is 23.1 Å². The minimum Gasteiger partial charge on any atom is -0.463 e. The number of nitrogen functional groups attached to an aromatic ring is 1. The van der Waals surface area contributed by atoms with Gasteiger partial charge in [-0.25, -0.2) is 27.2 Å². The van der Waals surface area contributed by atoms with E-state index in [0.29, 0.717) is 5.39 Å². The molecule has 0 saturated heterocycles. The maximum absolute atomic E-state index is 14.9. The Labute approximate surface area is 179 Å². The van der Waals surface area contributed by atoms with E-state index in [9.17, 15) is 17.2 Å². The van der Waals surface area contributed by atoms with Crippen LogP contribution in [0.25, 0.3) is 11.0 Å². The fraction of sp³-hybridized carbons (Fsp3) is 0. The van der Waals surface area contributed by atoms with Crippen molar-refractivity contribution in [3.05, 3.63) is 76.8 Å². The number of rotatable bonds is 3. The van der Waals surface area contributed by atoms with Gasteiger partial charge in [0.15, 0.2) is 11.4 Å². The van der Waals surface area contributed by atoms with E-state index in [1.165, 1.54) is 36.9 Å². The Bertz CT molecular complexity index is 1480. The van der Waals surface area contributed by atoms with E-state index in [4.69, 9.17) is 21.8 Å². The molecule has 2 aromatic carbocycles. The Morgan fingerprint density at radius 2 is 1.84 bits per heavy atom. The summed E-state index contributed by atoms with van der Waals surface area (Å²) in [6, 6.07) is 6.06. The molecule has 0 atom stereocenters. The summed E-state index contributed by atoms with van der Waals surface area (Å²) < 4.78 is 62.1. The summed E-state index contributed by atoms with van der Waals surface area (Å²) in [7, 11) is -4.33. The molecule has 7 nitrogen and oxygen atoms in total. The number of hydrogen-bond acceptors (Lipinski definition) is 6. The van der Waals surface area contributed by atoms with Crippen LogP contribution in [-0.2, 0) is 10.0 Å². The van der Waals surface area contributed by atoms with E-state index >= 15 is 0 Å². The molecule has 2 heterocycles. The van der Waals surface area contributed by atoms with Crippen LogP contribution < -0.4 is 10.5 Å². The van der Waals surface area contributed by atoms with Gasteiger partial charge < -0.3 is 10.2 Å². The van der Waals surface area contributed by atoms with Crippen LogP contribution in [0.15, 0.2) is 58.3 Å². The van der Waals surface area contributed by atoms with Gasteiger partial charge in [-0.1, -0.05) is 23.4 Å². The molecule has 2 aromatic heterocycles. The predicted octanol–water partition coefficient (Wildman–Crippen LogP) is 3.94. The second-order valence-corrected chi connectivity index (χ2v) is 8.30. The minimum absolute atomic E-state index is 0.0194. The summed E-state index contributed by atoms with van der Waals surface area (Å²) in [6.07, 6.45) is 3.87. The summed E-state index contributed by atoms with van der Waals surface area (Å²) in [4.78, 5) is 7.16. The maximum Gasteiger partial charge on any atom is 0.265 e. The Morgan fingerprint density at radius 1 is 1.10 bits per heavy atom. The van der Waals surface area contributed by atoms with Crippen molar-refractivity contribution in [1.82, 2.24) is 9.97 Å². The molecule has 0 fully saturated rings. The van der Waals surface area contributed by atoms with Crippen LogP contribution in [0.5, 0.6) is 0 Å². The molecule has 156 valence electrons. The predicted molar refractivity (Wildman–Crippen MR) is 111 cm³/mol. The summed E-state index contributed by atoms with van der Waals surface area (Å²) in [5.41, 5.74) is 4.55. The summed E-state index contributed by atoms with van der Waals surface area (Å²) in [5, 5.41) is 0.593. The Morgan fingerprint density at radius 3 is 2.58 bits per heavy atom. The van der Waals surface area contributed by atoms with Crippen molar-refractivity contribution in [2.45, 2.75) is 4.90 Å². The molecule has 0 aliphatic rings. The van der Waals surface area contributed by atoms with E-state index in [0.717, 1.165) is 12.1 Å². The molecule has 3 N–H and O–H groups in total. The minimum atomic E-state index is -4.33. The number of benzene rings is 2. The number of hydrogen-bond donors (Lipinski definition) is 2. The number of nitrogens with two attached hydrogens (primary N) is 1. The van der Waals surface area contributed by atoms with Gasteiger partial charge in [0, 0.05) is 22.8 Å². The lowest BCUT2D eigenvalue weighted by molar-refractivity contribution is 0.576. The van der Waals surface area contributed by atoms with E-state index in [1.54, 1.807) is 0 Å². The van der Waals surface area contributed by atoms with Crippen molar-refractivity contribution in [2.24, 2.45) is 0 Å². The summed E-state index contributed by atoms with van der Waals surface area (Å²) in [5.74, 6) is 2.68. The normalized spacial score (nSPS) is 11.2. The zero-order valence-electron chi connectivity index (χ0n) is 15.4. The summed E-state index contributed by atoms with van der Waals surface area (Å²) in [6.45, 7) is 0. The zero-order chi connectivity index (χ0) is 22.2. The van der Waals surface area contributed by atoms with Gasteiger partial charge in [0.25, 0.3) is 10.0 Å². The molecule has 0 amide bonds. The Kier molecular flexibility index (Phi) is 5.22. The number of aromatic nitrogens is 2. The van der Waals surface area contributed by atoms with Crippen molar-refractivity contribution < 1.29 is 21.6 Å². The van der Waals surface area contributed by atoms with Crippen LogP contribution >= 0.6 is 11.6 Å². The number of fused-ring (bicyclic) bond motifs is 1. The van der Waals surface area contributed by atoms with E-state index in [2.05, 4.69) is 26.5 Å². The van der Waals surface area contributed by atoms with Crippen molar-refractivity contribution in [1.29, 1.82) is 0 Å². The Hall–Kier alpha value is -3.68. The first-order valence-electron chi connectivity index (χ1n) is 8.52. The van der Waals surface area contributed by atoms with Crippen LogP contribution in [0.3, 0.4) is 0 Å². The Balaban J connectivity index is 1.73. The van der Waals surface area contributed by atoms with Crippen molar-refractivity contribution in [2.75, 3.05) is 10.5 Å². The monoisotopic (exact) mass is 460 g/mol. The number of nitrogens with zero attached hydrogens (tertiary/aromatic N) is 2. The lowest BCUT2D eigenvalue weighted by Gasteiger charge is -2.11. The highest BCUT2D eigenvalue weighted by Crippen LogP contribution is 2.31. The highest BCUT2D eigenvalue weighted by atomic mass is 35.5. The molecule has 4 aromatic rings. The maximum atomic E-state index is 14.9. The van der Waals surface area contributed by atoms with Gasteiger partial charge in [-0.05, 0) is 30.3 Å². The van der Waals surface area contributed by atoms with E-state index in [-0.39, 0.29) is 27.0 Å². The highest BCUT2D eigenvalue weighted by molar-refractivity contribution is 7.93. The van der Waals surface area contributed by atoms with Crippen LogP contribution in [0.4, 0.5) is 20.4 Å². The SMILES string of the molecule is Nc1ncc(C#Cc2c(F)ccc(NS(=O)(=O)c3cc(Cl)cc4ccoc34)c2F)cn1. The number of halogens is 3. The fourth-order valence-electron chi connectivity index (χ4n) is 2.70. The van der Waals surface area contributed by atoms with Gasteiger partial charge in [0.1, 0.15) is 10.7 Å². The van der Waals surface area contributed by atoms with Gasteiger partial charge >= 0.3 is 0 Å². The van der Waals surface area contributed by atoms with Crippen LogP contribution in [0.1, 0.15) is 11.1 Å². The molecule has 0 bridgehead atoms. The molecule has 0 radical (unpaired) electrons. The van der Waals surface area contributed by atoms with Gasteiger partial charge in [-0.2, -0.15) is 0 Å². The van der Waals surface area contributed by atoms with Crippen LogP contribution in [0.2, 0.25) is 5.02 Å². The molecule has 0 spiro atoms. The smallest absolute Gasteiger partial charge is 0.265 e. The third kappa shape index (κ3) is 4.14. The molecular formula is C20H11ClF2N4O3S. The third-order valence-corrected chi connectivity index (χ3v) is 5.70. The van der Waals surface area contributed by atoms with E-state index in [1.807, 2.05) is 0 Å². The first-order valence-corrected chi connectivity index (χ1v) is 10.4. The second kappa shape index (κ2) is 7.86. The van der Waals surface area contributed by atoms with Gasteiger partial charge in [0.2, 0.25) is 5.95 Å². The number of furan rings is 1. The second-order valence-electron chi connectivity index (χ2n) is 6.21. The molecular weight excluding hydrogens is 450 g/mol. The molecule has 4 rings (SSSR count). The molecule has 0 saturated carbocycles. The average Bonchev–Trinajstić information content (AvgIpc) is 3.19. The fourth-order valence-corrected chi connectivity index (χ4v) is 4.24. The standard InChI is InChI=1S/C20H11ClF2N4O3S/c21-13-7-12-5-6-30-19(12)17(8-13)31(28,29)27-16-4-3-15(22)14(18(16)23)2-1-11-9-25-20(24)26-10-11/h3-10,27H,(H2,24,25,26). The average molecular weight is 461 g/mol. The van der Waals surface area contributed by atoms with Crippen molar-refractivity contribution in [3.8, 4) is 11.8 Å². The first kappa shape index (κ1) is 20.6. The number of nitrogens with one attached hydrogen (secondary N) is 1. The van der Waals surface area contributed by atoms with E-state index < -0.39 is 32.9 Å². The number of sulfonamides is 1. The lowest BCUT2D eigenvalue weighted by Crippen LogP contribution is -2.15. The molecule has 0 unspecified atom stereocenters. The topological polar surface area (TPSA) is 111 Å². The molecule has 31 heavy (non-hydrogen) atoms. The quantitative estimate of drug-likeness (QED) is 0.448. The molecule has 11 heteroatoms. The van der Waals surface area contributed by atoms with Crippen molar-refractivity contribution >= 4 is 44.2 Å².